The fraction of sp³-hybridized carbons (Fsp3) is 0.429. The van der Waals surface area contributed by atoms with Crippen LogP contribution in [0, 0.1) is 0 Å². The Hall–Kier alpha value is -4.28. The molecule has 0 bridgehead atoms. The Balaban J connectivity index is 1.46. The van der Waals surface area contributed by atoms with E-state index in [9.17, 15) is 14.4 Å². The number of hydrogen-bond acceptors (Lipinski definition) is 8. The molecule has 1 aromatic carbocycles. The van der Waals surface area contributed by atoms with Gasteiger partial charge in [-0.05, 0) is 63.4 Å². The van der Waals surface area contributed by atoms with Crippen molar-refractivity contribution in [3.8, 4) is 5.75 Å². The van der Waals surface area contributed by atoms with E-state index in [1.807, 2.05) is 12.1 Å². The molecule has 11 nitrogen and oxygen atoms in total. The molecule has 1 saturated heterocycles. The van der Waals surface area contributed by atoms with Gasteiger partial charge in [0.05, 0.1) is 19.0 Å². The van der Waals surface area contributed by atoms with E-state index in [1.165, 1.54) is 4.90 Å². The van der Waals surface area contributed by atoms with Crippen LogP contribution in [0.5, 0.6) is 5.75 Å². The van der Waals surface area contributed by atoms with E-state index in [4.69, 9.17) is 19.6 Å². The molecule has 39 heavy (non-hydrogen) atoms. The Labute approximate surface area is 227 Å². The fourth-order valence-corrected chi connectivity index (χ4v) is 4.57. The number of nitrogens with two attached hydrogens (primary N) is 1. The highest BCUT2D eigenvalue weighted by atomic mass is 16.6. The minimum atomic E-state index is -0.924. The number of nitrogens with zero attached hydrogens (tertiary/aromatic N) is 2. The molecule has 11 heteroatoms. The van der Waals surface area contributed by atoms with Gasteiger partial charge in [-0.3, -0.25) is 9.59 Å². The number of carbonyl (C=O) groups is 3. The summed E-state index contributed by atoms with van der Waals surface area (Å²) in [6.45, 7) is 5.79. The molecule has 4 rings (SSSR count). The number of ether oxygens (including phenoxy) is 2. The van der Waals surface area contributed by atoms with Crippen LogP contribution in [-0.4, -0.2) is 59.1 Å². The molecule has 0 radical (unpaired) electrons. The number of alkyl carbamates (subject to hydrolysis) is 1. The molecular formula is C28H35N5O6. The Morgan fingerprint density at radius 2 is 1.95 bits per heavy atom. The van der Waals surface area contributed by atoms with E-state index in [-0.39, 0.29) is 24.8 Å². The van der Waals surface area contributed by atoms with E-state index < -0.39 is 23.8 Å². The summed E-state index contributed by atoms with van der Waals surface area (Å²) in [6.07, 6.45) is 2.25. The molecule has 4 N–H and O–H groups in total. The summed E-state index contributed by atoms with van der Waals surface area (Å²) >= 11 is 0. The molecule has 2 atom stereocenters. The summed E-state index contributed by atoms with van der Waals surface area (Å²) in [5.41, 5.74) is 6.57. The number of pyridine rings is 1. The maximum absolute atomic E-state index is 13.7. The largest absolute Gasteiger partial charge is 0.497 e. The first-order valence-corrected chi connectivity index (χ1v) is 12.9. The Morgan fingerprint density at radius 3 is 2.62 bits per heavy atom. The van der Waals surface area contributed by atoms with Gasteiger partial charge in [-0.2, -0.15) is 0 Å². The third kappa shape index (κ3) is 6.98. The predicted molar refractivity (Wildman–Crippen MR) is 145 cm³/mol. The van der Waals surface area contributed by atoms with Gasteiger partial charge in [0, 0.05) is 19.2 Å². The summed E-state index contributed by atoms with van der Waals surface area (Å²) < 4.78 is 16.4. The van der Waals surface area contributed by atoms with Crippen LogP contribution in [0.25, 0.3) is 11.0 Å². The quantitative estimate of drug-likeness (QED) is 0.397. The van der Waals surface area contributed by atoms with Crippen LogP contribution in [0.3, 0.4) is 0 Å². The van der Waals surface area contributed by atoms with Gasteiger partial charge >= 0.3 is 6.09 Å². The molecule has 0 aliphatic carbocycles. The SMILES string of the molecule is COc1ccc(C[C@@H](NC(=O)OC(C)(C)C)C(=O)N2CCC[C@H]2C(=O)NCc2cc3c(N)nccc3o2)cc1. The van der Waals surface area contributed by atoms with Gasteiger partial charge in [-0.1, -0.05) is 12.1 Å². The minimum Gasteiger partial charge on any atom is -0.497 e. The summed E-state index contributed by atoms with van der Waals surface area (Å²) in [5.74, 6) is 0.908. The number of furan rings is 1. The number of likely N-dealkylation sites (tertiary alicyclic amines) is 1. The van der Waals surface area contributed by atoms with Crippen molar-refractivity contribution in [1.29, 1.82) is 0 Å². The maximum atomic E-state index is 13.7. The number of methoxy groups -OCH3 is 1. The summed E-state index contributed by atoms with van der Waals surface area (Å²) in [7, 11) is 1.57. The van der Waals surface area contributed by atoms with E-state index >= 15 is 0 Å². The van der Waals surface area contributed by atoms with Crippen molar-refractivity contribution in [1.82, 2.24) is 20.5 Å². The van der Waals surface area contributed by atoms with Crippen molar-refractivity contribution >= 4 is 34.7 Å². The van der Waals surface area contributed by atoms with E-state index in [0.29, 0.717) is 47.7 Å². The zero-order chi connectivity index (χ0) is 28.2. The Kier molecular flexibility index (Phi) is 8.27. The van der Waals surface area contributed by atoms with Gasteiger partial charge < -0.3 is 35.2 Å². The summed E-state index contributed by atoms with van der Waals surface area (Å²) in [6, 6.07) is 9.09. The van der Waals surface area contributed by atoms with Gasteiger partial charge in [0.1, 0.15) is 40.6 Å². The smallest absolute Gasteiger partial charge is 0.408 e. The zero-order valence-electron chi connectivity index (χ0n) is 22.7. The number of benzene rings is 1. The molecule has 1 aliphatic heterocycles. The second kappa shape index (κ2) is 11.6. The average Bonchev–Trinajstić information content (AvgIpc) is 3.54. The predicted octanol–water partition coefficient (Wildman–Crippen LogP) is 3.16. The lowest BCUT2D eigenvalue weighted by Crippen LogP contribution is -2.54. The minimum absolute atomic E-state index is 0.136. The third-order valence-corrected chi connectivity index (χ3v) is 6.39. The van der Waals surface area contributed by atoms with Crippen LogP contribution in [0.4, 0.5) is 10.6 Å². The van der Waals surface area contributed by atoms with Crippen molar-refractivity contribution in [2.45, 2.75) is 64.3 Å². The van der Waals surface area contributed by atoms with Crippen molar-refractivity contribution < 1.29 is 28.3 Å². The Bertz CT molecular complexity index is 1330. The first-order chi connectivity index (χ1) is 18.5. The second-order valence-corrected chi connectivity index (χ2v) is 10.5. The van der Waals surface area contributed by atoms with E-state index in [2.05, 4.69) is 15.6 Å². The molecule has 3 heterocycles. The number of nitrogen functional groups attached to an aromatic ring is 1. The standard InChI is InChI=1S/C28H35N5O6/c1-28(2,3)39-27(36)32-21(14-17-7-9-18(37-4)10-8-17)26(35)33-13-5-6-22(33)25(34)31-16-19-15-20-23(38-19)11-12-30-24(20)29/h7-12,15,21-22H,5-6,13-14,16H2,1-4H3,(H2,29,30)(H,31,34)(H,32,36)/t21-,22+/m1/s1. The highest BCUT2D eigenvalue weighted by Gasteiger charge is 2.38. The monoisotopic (exact) mass is 537 g/mol. The fourth-order valence-electron chi connectivity index (χ4n) is 4.57. The van der Waals surface area contributed by atoms with Crippen LogP contribution in [-0.2, 0) is 27.3 Å². The van der Waals surface area contributed by atoms with E-state index in [1.54, 1.807) is 58.3 Å². The van der Waals surface area contributed by atoms with Crippen LogP contribution in [0.2, 0.25) is 0 Å². The molecule has 2 aromatic heterocycles. The highest BCUT2D eigenvalue weighted by molar-refractivity contribution is 5.92. The normalized spacial score (nSPS) is 16.1. The van der Waals surface area contributed by atoms with Gasteiger partial charge in [0.15, 0.2) is 0 Å². The average molecular weight is 538 g/mol. The number of amides is 3. The number of hydrogen-bond donors (Lipinski definition) is 3. The number of aromatic nitrogens is 1. The van der Waals surface area contributed by atoms with Crippen LogP contribution >= 0.6 is 0 Å². The molecule has 1 fully saturated rings. The van der Waals surface area contributed by atoms with Crippen molar-refractivity contribution in [3.63, 3.8) is 0 Å². The van der Waals surface area contributed by atoms with Crippen molar-refractivity contribution in [2.24, 2.45) is 0 Å². The molecule has 3 amide bonds. The van der Waals surface area contributed by atoms with Crippen LogP contribution in [0.15, 0.2) is 47.0 Å². The zero-order valence-corrected chi connectivity index (χ0v) is 22.7. The summed E-state index contributed by atoms with van der Waals surface area (Å²) in [4.78, 5) is 45.1. The van der Waals surface area contributed by atoms with Crippen LogP contribution in [0.1, 0.15) is 44.9 Å². The lowest BCUT2D eigenvalue weighted by molar-refractivity contribution is -0.140. The number of carbonyl (C=O) groups excluding carboxylic acids is 3. The first-order valence-electron chi connectivity index (χ1n) is 12.9. The molecule has 3 aromatic rings. The van der Waals surface area contributed by atoms with Gasteiger partial charge in [0.2, 0.25) is 11.8 Å². The second-order valence-electron chi connectivity index (χ2n) is 10.5. The third-order valence-electron chi connectivity index (χ3n) is 6.39. The molecular weight excluding hydrogens is 502 g/mol. The van der Waals surface area contributed by atoms with E-state index in [0.717, 1.165) is 5.56 Å². The highest BCUT2D eigenvalue weighted by Crippen LogP contribution is 2.24. The van der Waals surface area contributed by atoms with Gasteiger partial charge in [0.25, 0.3) is 0 Å². The summed E-state index contributed by atoms with van der Waals surface area (Å²) in [5, 5.41) is 6.26. The molecule has 0 unspecified atom stereocenters. The van der Waals surface area contributed by atoms with Crippen molar-refractivity contribution in [3.05, 3.63) is 53.9 Å². The van der Waals surface area contributed by atoms with Gasteiger partial charge in [-0.25, -0.2) is 9.78 Å². The molecule has 0 saturated carbocycles. The van der Waals surface area contributed by atoms with Crippen LogP contribution < -0.4 is 21.1 Å². The number of nitrogens with one attached hydrogen (secondary N) is 2. The number of fused-ring (bicyclic) bond motifs is 1. The Morgan fingerprint density at radius 1 is 1.21 bits per heavy atom. The lowest BCUT2D eigenvalue weighted by atomic mass is 10.0. The maximum Gasteiger partial charge on any atom is 0.408 e. The topological polar surface area (TPSA) is 149 Å². The van der Waals surface area contributed by atoms with Gasteiger partial charge in [-0.15, -0.1) is 0 Å². The first kappa shape index (κ1) is 27.7. The molecule has 208 valence electrons. The number of rotatable bonds is 8. The lowest BCUT2D eigenvalue weighted by Gasteiger charge is -2.29. The molecule has 0 spiro atoms. The molecule has 1 aliphatic rings. The number of anilines is 1. The van der Waals surface area contributed by atoms with Crippen molar-refractivity contribution in [2.75, 3.05) is 19.4 Å².